The van der Waals surface area contributed by atoms with E-state index >= 15 is 0 Å². The monoisotopic (exact) mass is 384 g/mol. The lowest BCUT2D eigenvalue weighted by molar-refractivity contribution is -0.121. The van der Waals surface area contributed by atoms with Gasteiger partial charge in [-0.15, -0.1) is 0 Å². The third kappa shape index (κ3) is 5.06. The fourth-order valence-corrected chi connectivity index (χ4v) is 3.69. The summed E-state index contributed by atoms with van der Waals surface area (Å²) >= 11 is 0. The molecule has 1 amide bonds. The predicted octanol–water partition coefficient (Wildman–Crippen LogP) is 2.85. The summed E-state index contributed by atoms with van der Waals surface area (Å²) in [5.41, 5.74) is 0.880. The Morgan fingerprint density at radius 2 is 1.59 bits per heavy atom. The van der Waals surface area contributed by atoms with E-state index in [1.165, 1.54) is 12.1 Å². The van der Waals surface area contributed by atoms with E-state index in [9.17, 15) is 13.2 Å². The van der Waals surface area contributed by atoms with Crippen LogP contribution in [0.5, 0.6) is 0 Å². The van der Waals surface area contributed by atoms with Crippen LogP contribution in [-0.2, 0) is 14.8 Å². The zero-order valence-electron chi connectivity index (χ0n) is 14.5. The summed E-state index contributed by atoms with van der Waals surface area (Å²) in [4.78, 5) is 12.5. The van der Waals surface area contributed by atoms with Crippen LogP contribution in [0, 0.1) is 0 Å². The average molecular weight is 384 g/mol. The van der Waals surface area contributed by atoms with Crippen molar-refractivity contribution in [3.05, 3.63) is 90.4 Å². The Morgan fingerprint density at radius 3 is 2.22 bits per heavy atom. The highest BCUT2D eigenvalue weighted by Crippen LogP contribution is 2.22. The summed E-state index contributed by atoms with van der Waals surface area (Å²) in [6, 6.07) is 20.6. The van der Waals surface area contributed by atoms with Gasteiger partial charge in [-0.3, -0.25) is 4.79 Å². The van der Waals surface area contributed by atoms with E-state index in [0.29, 0.717) is 5.76 Å². The van der Waals surface area contributed by atoms with E-state index in [1.54, 1.807) is 36.6 Å². The van der Waals surface area contributed by atoms with Crippen LogP contribution in [-0.4, -0.2) is 20.9 Å². The van der Waals surface area contributed by atoms with Gasteiger partial charge in [-0.05, 0) is 29.8 Å². The number of carbonyl (C=O) groups is 1. The van der Waals surface area contributed by atoms with E-state index in [-0.39, 0.29) is 23.8 Å². The van der Waals surface area contributed by atoms with Crippen molar-refractivity contribution in [2.24, 2.45) is 0 Å². The third-order valence-electron chi connectivity index (χ3n) is 3.96. The normalized spacial score (nSPS) is 12.4. The quantitative estimate of drug-likeness (QED) is 0.625. The number of carbonyl (C=O) groups excluding carboxylic acids is 1. The maximum atomic E-state index is 12.4. The number of nitrogens with one attached hydrogen (secondary N) is 2. The third-order valence-corrected chi connectivity index (χ3v) is 5.44. The molecule has 6 nitrogen and oxygen atoms in total. The van der Waals surface area contributed by atoms with E-state index in [1.807, 2.05) is 30.3 Å². The molecule has 0 aliphatic carbocycles. The highest BCUT2D eigenvalue weighted by Gasteiger charge is 2.20. The standard InChI is InChI=1S/C20H20N2O4S/c23-19(13-14-21-27(24,25)17-10-5-2-6-11-17)22-20(18-12-7-15-26-18)16-8-3-1-4-9-16/h1-12,15,20-21H,13-14H2,(H,22,23). The molecule has 2 N–H and O–H groups in total. The molecular weight excluding hydrogens is 364 g/mol. The second-order valence-corrected chi connectivity index (χ2v) is 7.65. The molecular formula is C20H20N2O4S. The summed E-state index contributed by atoms with van der Waals surface area (Å²) in [6.45, 7) is 0.00270. The molecule has 1 unspecified atom stereocenters. The van der Waals surface area contributed by atoms with Gasteiger partial charge in [0.15, 0.2) is 0 Å². The van der Waals surface area contributed by atoms with Gasteiger partial charge in [-0.1, -0.05) is 48.5 Å². The van der Waals surface area contributed by atoms with Crippen molar-refractivity contribution in [3.8, 4) is 0 Å². The topological polar surface area (TPSA) is 88.4 Å². The van der Waals surface area contributed by atoms with Crippen molar-refractivity contribution in [2.45, 2.75) is 17.4 Å². The minimum absolute atomic E-state index is 0.00270. The molecule has 0 fully saturated rings. The van der Waals surface area contributed by atoms with Crippen molar-refractivity contribution >= 4 is 15.9 Å². The molecule has 7 heteroatoms. The molecule has 1 atom stereocenters. The minimum atomic E-state index is -3.63. The number of hydrogen-bond donors (Lipinski definition) is 2. The van der Waals surface area contributed by atoms with Gasteiger partial charge in [-0.25, -0.2) is 13.1 Å². The molecule has 1 heterocycles. The van der Waals surface area contributed by atoms with Crippen molar-refractivity contribution in [3.63, 3.8) is 0 Å². The average Bonchev–Trinajstić information content (AvgIpc) is 3.22. The van der Waals surface area contributed by atoms with Gasteiger partial charge in [0.25, 0.3) is 0 Å². The molecule has 140 valence electrons. The zero-order valence-corrected chi connectivity index (χ0v) is 15.4. The Labute approximate surface area is 158 Å². The first-order chi connectivity index (χ1) is 13.1. The smallest absolute Gasteiger partial charge is 0.240 e. The first-order valence-electron chi connectivity index (χ1n) is 8.49. The second-order valence-electron chi connectivity index (χ2n) is 5.89. The predicted molar refractivity (Wildman–Crippen MR) is 101 cm³/mol. The second kappa shape index (κ2) is 8.66. The lowest BCUT2D eigenvalue weighted by Crippen LogP contribution is -2.33. The Kier molecular flexibility index (Phi) is 6.05. The van der Waals surface area contributed by atoms with E-state index in [4.69, 9.17) is 4.42 Å². The first-order valence-corrected chi connectivity index (χ1v) is 9.97. The van der Waals surface area contributed by atoms with Crippen LogP contribution in [0.15, 0.2) is 88.4 Å². The van der Waals surface area contributed by atoms with E-state index in [0.717, 1.165) is 5.56 Å². The molecule has 0 radical (unpaired) electrons. The lowest BCUT2D eigenvalue weighted by Gasteiger charge is -2.17. The van der Waals surface area contributed by atoms with Gasteiger partial charge >= 0.3 is 0 Å². The molecule has 0 spiro atoms. The molecule has 3 aromatic rings. The zero-order chi connectivity index (χ0) is 19.1. The number of amides is 1. The molecule has 2 aromatic carbocycles. The van der Waals surface area contributed by atoms with Crippen molar-refractivity contribution in [1.82, 2.24) is 10.0 Å². The minimum Gasteiger partial charge on any atom is -0.467 e. The van der Waals surface area contributed by atoms with Gasteiger partial charge in [0.05, 0.1) is 11.2 Å². The summed E-state index contributed by atoms with van der Waals surface area (Å²) in [6.07, 6.45) is 1.56. The van der Waals surface area contributed by atoms with Crippen LogP contribution in [0.3, 0.4) is 0 Å². The van der Waals surface area contributed by atoms with Gasteiger partial charge < -0.3 is 9.73 Å². The van der Waals surface area contributed by atoms with Crippen LogP contribution < -0.4 is 10.0 Å². The van der Waals surface area contributed by atoms with Crippen LogP contribution in [0.1, 0.15) is 23.8 Å². The van der Waals surface area contributed by atoms with Gasteiger partial charge in [0, 0.05) is 13.0 Å². The fraction of sp³-hybridized carbons (Fsp3) is 0.150. The van der Waals surface area contributed by atoms with E-state index in [2.05, 4.69) is 10.0 Å². The molecule has 1 aromatic heterocycles. The molecule has 0 saturated carbocycles. The number of sulfonamides is 1. The Balaban J connectivity index is 1.60. The summed E-state index contributed by atoms with van der Waals surface area (Å²) in [5, 5.41) is 2.89. The largest absolute Gasteiger partial charge is 0.467 e. The molecule has 0 bridgehead atoms. The number of furan rings is 1. The molecule has 0 aliphatic rings. The van der Waals surface area contributed by atoms with E-state index < -0.39 is 16.1 Å². The van der Waals surface area contributed by atoms with Gasteiger partial charge in [0.1, 0.15) is 11.8 Å². The summed E-state index contributed by atoms with van der Waals surface area (Å²) in [7, 11) is -3.63. The molecule has 0 aliphatic heterocycles. The Hall–Kier alpha value is -2.90. The molecule has 0 saturated heterocycles. The van der Waals surface area contributed by atoms with Crippen molar-refractivity contribution in [2.75, 3.05) is 6.54 Å². The SMILES string of the molecule is O=C(CCNS(=O)(=O)c1ccccc1)NC(c1ccccc1)c1ccco1. The summed E-state index contributed by atoms with van der Waals surface area (Å²) < 4.78 is 32.3. The molecule has 3 rings (SSSR count). The number of hydrogen-bond acceptors (Lipinski definition) is 4. The first kappa shape index (κ1) is 18.9. The molecule has 27 heavy (non-hydrogen) atoms. The van der Waals surface area contributed by atoms with Crippen LogP contribution in [0.25, 0.3) is 0 Å². The highest BCUT2D eigenvalue weighted by atomic mass is 32.2. The highest BCUT2D eigenvalue weighted by molar-refractivity contribution is 7.89. The van der Waals surface area contributed by atoms with Crippen LogP contribution >= 0.6 is 0 Å². The van der Waals surface area contributed by atoms with Crippen molar-refractivity contribution in [1.29, 1.82) is 0 Å². The summed E-state index contributed by atoms with van der Waals surface area (Å²) in [5.74, 6) is 0.329. The van der Waals surface area contributed by atoms with Crippen molar-refractivity contribution < 1.29 is 17.6 Å². The van der Waals surface area contributed by atoms with Crippen LogP contribution in [0.2, 0.25) is 0 Å². The Bertz CT molecular complexity index is 956. The fourth-order valence-electron chi connectivity index (χ4n) is 2.63. The van der Waals surface area contributed by atoms with Gasteiger partial charge in [0.2, 0.25) is 15.9 Å². The maximum Gasteiger partial charge on any atom is 0.240 e. The number of benzene rings is 2. The lowest BCUT2D eigenvalue weighted by atomic mass is 10.0. The van der Waals surface area contributed by atoms with Crippen LogP contribution in [0.4, 0.5) is 0 Å². The number of rotatable bonds is 8. The Morgan fingerprint density at radius 1 is 0.926 bits per heavy atom. The van der Waals surface area contributed by atoms with Gasteiger partial charge in [-0.2, -0.15) is 0 Å². The maximum absolute atomic E-state index is 12.4.